The molecule has 17 N–H and O–H groups in total. The van der Waals surface area contributed by atoms with E-state index < -0.39 is 138 Å². The molecule has 6 heterocycles. The number of benzene rings is 7. The number of rotatable bonds is 28. The Morgan fingerprint density at radius 3 is 1.71 bits per heavy atom. The number of fused-ring (bicyclic) bond motifs is 6. The van der Waals surface area contributed by atoms with Gasteiger partial charge in [-0.15, -0.1) is 0 Å². The summed E-state index contributed by atoms with van der Waals surface area (Å²) in [4.78, 5) is 190. The zero-order valence-electron chi connectivity index (χ0n) is 70.3. The quantitative estimate of drug-likeness (QED) is 0.0204. The lowest BCUT2D eigenvalue weighted by atomic mass is 9.89. The molecule has 33 nitrogen and oxygen atoms in total. The van der Waals surface area contributed by atoms with Gasteiger partial charge in [-0.3, -0.25) is 52.8 Å². The molecule has 2 unspecified atom stereocenters. The van der Waals surface area contributed by atoms with Crippen LogP contribution in [0.1, 0.15) is 89.7 Å². The van der Waals surface area contributed by atoms with Crippen LogP contribution in [0.5, 0.6) is 17.2 Å². The zero-order chi connectivity index (χ0) is 89.6. The molecule has 13 rings (SSSR count). The molecule has 12 amide bonds. The Labute approximate surface area is 739 Å². The van der Waals surface area contributed by atoms with E-state index in [2.05, 4.69) is 62.8 Å². The van der Waals surface area contributed by atoms with E-state index in [-0.39, 0.29) is 119 Å². The van der Waals surface area contributed by atoms with Gasteiger partial charge in [0.1, 0.15) is 61.0 Å². The minimum absolute atomic E-state index is 0.0197. The summed E-state index contributed by atoms with van der Waals surface area (Å²) >= 11 is 0. The van der Waals surface area contributed by atoms with Gasteiger partial charge < -0.3 is 103 Å². The minimum Gasteiger partial charge on any atom is -0.493 e. The highest BCUT2D eigenvalue weighted by Crippen LogP contribution is 2.48. The van der Waals surface area contributed by atoms with E-state index >= 15 is 28.8 Å². The number of primary amides is 1. The van der Waals surface area contributed by atoms with Crippen LogP contribution in [0, 0.1) is 0 Å². The topological polar surface area (TPSA) is 476 Å². The number of aliphatic hydroxyl groups is 1. The molecule has 0 saturated carbocycles. The van der Waals surface area contributed by atoms with E-state index in [1.54, 1.807) is 133 Å². The van der Waals surface area contributed by atoms with Crippen LogP contribution in [0.15, 0.2) is 188 Å². The Bertz CT molecular complexity index is 5580. The van der Waals surface area contributed by atoms with Gasteiger partial charge in [0.15, 0.2) is 11.5 Å². The molecule has 3 aliphatic heterocycles. The fraction of sp³-hybridized carbons (Fsp3) is 0.348. The Morgan fingerprint density at radius 1 is 0.598 bits per heavy atom. The van der Waals surface area contributed by atoms with Gasteiger partial charge in [0, 0.05) is 114 Å². The maximum absolute atomic E-state index is 15.7. The maximum Gasteiger partial charge on any atom is 0.412 e. The van der Waals surface area contributed by atoms with Gasteiger partial charge in [-0.25, -0.2) is 9.59 Å². The SMILES string of the molecule is COc1cc(C2c3[nH]c4ccccc4c3CC3COC(=O)N32)cc(OC)c1OC(=O)NCCCC(=O)N[C@H](Cc1ccccc1)C(=O)N[C@H]1CSSCCN(CC(N)=O)C(=O)[C@H](Cc2ccccc2)NC(=O)[C@H]([C@@H](C)O)NC(=O)[C@H](CCCCN)NC(=O)[C@H](Cc2c[nH]c3ccccc23)NC(=O)[C@@H](Cc2c[nH]c3ccccc23)NC(=O)[C@H](Cc2ccccc2)NC1=O. The summed E-state index contributed by atoms with van der Waals surface area (Å²) in [6.45, 7) is 0.702. The smallest absolute Gasteiger partial charge is 0.412 e. The summed E-state index contributed by atoms with van der Waals surface area (Å²) in [6.07, 6.45) is 0.446. The third-order valence-electron chi connectivity index (χ3n) is 22.6. The molecule has 0 bridgehead atoms. The van der Waals surface area contributed by atoms with Crippen molar-refractivity contribution in [2.45, 2.75) is 144 Å². The van der Waals surface area contributed by atoms with Crippen molar-refractivity contribution in [2.24, 2.45) is 11.5 Å². The van der Waals surface area contributed by atoms with Gasteiger partial charge in [-0.1, -0.05) is 167 Å². The second kappa shape index (κ2) is 43.5. The van der Waals surface area contributed by atoms with E-state index in [1.807, 2.05) is 60.7 Å². The van der Waals surface area contributed by atoms with Crippen LogP contribution in [-0.4, -0.2) is 220 Å². The first-order valence-corrected chi connectivity index (χ1v) is 44.6. The number of hydrogen-bond donors (Lipinski definition) is 15. The van der Waals surface area contributed by atoms with E-state index in [0.29, 0.717) is 68.0 Å². The summed E-state index contributed by atoms with van der Waals surface area (Å²) in [5, 5.41) is 39.1. The van der Waals surface area contributed by atoms with E-state index in [9.17, 15) is 33.9 Å². The molecule has 0 radical (unpaired) electrons. The third kappa shape index (κ3) is 23.4. The first-order chi connectivity index (χ1) is 61.5. The number of methoxy groups -OCH3 is 2. The van der Waals surface area contributed by atoms with Gasteiger partial charge in [0.2, 0.25) is 64.8 Å². The number of nitrogens with two attached hydrogens (primary N) is 2. The van der Waals surface area contributed by atoms with E-state index in [0.717, 1.165) is 48.6 Å². The molecular weight excluding hydrogens is 1670 g/mol. The van der Waals surface area contributed by atoms with Crippen molar-refractivity contribution in [1.82, 2.24) is 72.6 Å². The van der Waals surface area contributed by atoms with Gasteiger partial charge in [0.05, 0.1) is 32.9 Å². The number of para-hydroxylation sites is 3. The average Bonchev–Trinajstić information content (AvgIpc) is 1.60. The van der Waals surface area contributed by atoms with Crippen molar-refractivity contribution >= 4 is 126 Å². The van der Waals surface area contributed by atoms with Gasteiger partial charge in [-0.05, 0) is 115 Å². The zero-order valence-corrected chi connectivity index (χ0v) is 72.0. The number of aromatic amines is 3. The predicted molar refractivity (Wildman–Crippen MR) is 479 cm³/mol. The lowest BCUT2D eigenvalue weighted by molar-refractivity contribution is -0.140. The number of nitrogens with zero attached hydrogens (tertiary/aromatic N) is 2. The lowest BCUT2D eigenvalue weighted by Gasteiger charge is -2.36. The molecule has 7 aromatic carbocycles. The van der Waals surface area contributed by atoms with Crippen molar-refractivity contribution in [2.75, 3.05) is 58.5 Å². The second-order valence-corrected chi connectivity index (χ2v) is 34.1. The standard InChI is InChI=1S/C92H104N16O17S2/c1-53(109)79-89(118)104-73(42-56-26-11-6-12-27-56)90(119)107(50-77(94)110)38-39-126-127-52-74(105-84(113)69(40-54-22-7-4-8-23-54)98-78(111)35-21-37-95-91(120)125-82-75(122-2)45-57(46-76(82)123-3)81-80-64(47-60-51-124-92(121)108(60)81)63-30-15-18-33-67(63)99-80)88(117)101-70(41-55-24-9-5-10-25-55)85(114)102-72(44-59-49-97-66-32-17-14-29-62(59)66)87(116)103-71(43-58-48-96-65-31-16-13-28-61(58)65)86(115)100-68(83(112)106-79)34-19-20-36-93/h4-18,22-33,45-46,48-49,53,60,68-74,79,81,96-97,99,109H,19-21,34-44,47,50-52,93H2,1-3H3,(H2,94,110)(H,95,120)(H,98,111)(H,100,115)(H,101,117)(H,102,114)(H,103,116)(H,104,118)(H,105,113)(H,106,112)/t53-,60?,68+,69-,70+,71+,72-,73+,74+,79+,81?/m1/s1. The van der Waals surface area contributed by atoms with Gasteiger partial charge >= 0.3 is 12.2 Å². The van der Waals surface area contributed by atoms with E-state index in [1.165, 1.54) is 21.1 Å². The number of cyclic esters (lactones) is 1. The minimum atomic E-state index is -1.77. The Balaban J connectivity index is 0.788. The highest BCUT2D eigenvalue weighted by atomic mass is 33.1. The molecule has 35 heteroatoms. The summed E-state index contributed by atoms with van der Waals surface area (Å²) in [7, 11) is 4.98. The summed E-state index contributed by atoms with van der Waals surface area (Å²) in [5.41, 5.74) is 19.4. The number of nitrogens with one attached hydrogen (secondary N) is 12. The third-order valence-corrected chi connectivity index (χ3v) is 25.0. The van der Waals surface area contributed by atoms with Crippen LogP contribution >= 0.6 is 21.6 Å². The molecule has 3 aromatic heterocycles. The molecule has 11 atom stereocenters. The van der Waals surface area contributed by atoms with Crippen LogP contribution in [0.2, 0.25) is 0 Å². The molecule has 666 valence electrons. The van der Waals surface area contributed by atoms with Crippen molar-refractivity contribution in [3.63, 3.8) is 0 Å². The number of carbonyl (C=O) groups is 12. The van der Waals surface area contributed by atoms with Crippen molar-refractivity contribution in [1.29, 1.82) is 0 Å². The molecule has 3 aliphatic rings. The second-order valence-electron chi connectivity index (χ2n) is 31.5. The number of aliphatic hydroxyl groups excluding tert-OH is 1. The number of amides is 12. The number of aromatic nitrogens is 3. The van der Waals surface area contributed by atoms with Gasteiger partial charge in [-0.2, -0.15) is 0 Å². The van der Waals surface area contributed by atoms with Crippen molar-refractivity contribution < 1.29 is 81.6 Å². The average molecular weight is 1770 g/mol. The fourth-order valence-electron chi connectivity index (χ4n) is 16.2. The maximum atomic E-state index is 15.7. The van der Waals surface area contributed by atoms with Crippen LogP contribution in [-0.2, 0) is 91.2 Å². The molecule has 2 saturated heterocycles. The van der Waals surface area contributed by atoms with Crippen molar-refractivity contribution in [3.05, 3.63) is 233 Å². The van der Waals surface area contributed by atoms with E-state index in [4.69, 9.17) is 30.4 Å². The molecule has 0 aliphatic carbocycles. The Kier molecular flexibility index (Phi) is 31.3. The number of ether oxygens (including phenoxy) is 4. The molecule has 127 heavy (non-hydrogen) atoms. The normalized spacial score (nSPS) is 20.6. The fourth-order valence-corrected chi connectivity index (χ4v) is 18.3. The largest absolute Gasteiger partial charge is 0.493 e. The van der Waals surface area contributed by atoms with Crippen LogP contribution in [0.3, 0.4) is 0 Å². The van der Waals surface area contributed by atoms with Crippen LogP contribution in [0.25, 0.3) is 32.7 Å². The number of unbranched alkanes of at least 4 members (excludes halogenated alkanes) is 1. The molecule has 10 aromatic rings. The monoisotopic (exact) mass is 1770 g/mol. The lowest BCUT2D eigenvalue weighted by Crippen LogP contribution is -2.62. The summed E-state index contributed by atoms with van der Waals surface area (Å²) in [5.74, 6) is -8.68. The molecule has 0 spiro atoms. The highest BCUT2D eigenvalue weighted by Gasteiger charge is 2.47. The first-order valence-electron chi connectivity index (χ1n) is 42.1. The molecular formula is C92H104N16O17S2. The van der Waals surface area contributed by atoms with Gasteiger partial charge in [0.25, 0.3) is 0 Å². The number of H-pyrrole nitrogens is 3. The first kappa shape index (κ1) is 91.3. The number of hydrogen-bond acceptors (Lipinski definition) is 20. The van der Waals surface area contributed by atoms with Crippen molar-refractivity contribution in [3.8, 4) is 17.2 Å². The Morgan fingerprint density at radius 2 is 1.13 bits per heavy atom. The molecule has 2 fully saturated rings. The Hall–Kier alpha value is -13.4. The van der Waals surface area contributed by atoms with Crippen LogP contribution < -0.4 is 73.5 Å². The summed E-state index contributed by atoms with van der Waals surface area (Å²) in [6, 6.07) is 38.7. The summed E-state index contributed by atoms with van der Waals surface area (Å²) < 4.78 is 23.0. The van der Waals surface area contributed by atoms with Crippen LogP contribution in [0.4, 0.5) is 9.59 Å². The highest BCUT2D eigenvalue weighted by molar-refractivity contribution is 8.76. The number of carbonyl (C=O) groups excluding carboxylic acids is 12. The predicted octanol–water partition coefficient (Wildman–Crippen LogP) is 5.79.